The summed E-state index contributed by atoms with van der Waals surface area (Å²) in [6.07, 6.45) is 0.807. The SMILES string of the molecule is CC(C)(C)c1ccc(CCN[C@@H](C(=O)O)c2ccccc2)cc1. The van der Waals surface area contributed by atoms with Crippen molar-refractivity contribution in [3.8, 4) is 0 Å². The van der Waals surface area contributed by atoms with Crippen LogP contribution < -0.4 is 5.32 Å². The Labute approximate surface area is 138 Å². The number of nitrogens with one attached hydrogen (secondary N) is 1. The average Bonchev–Trinajstić information content (AvgIpc) is 2.51. The van der Waals surface area contributed by atoms with Crippen molar-refractivity contribution < 1.29 is 9.90 Å². The number of aliphatic carboxylic acids is 1. The maximum Gasteiger partial charge on any atom is 0.325 e. The highest BCUT2D eigenvalue weighted by molar-refractivity contribution is 5.75. The van der Waals surface area contributed by atoms with Gasteiger partial charge in [0.1, 0.15) is 6.04 Å². The lowest BCUT2D eigenvalue weighted by atomic mass is 9.86. The Kier molecular flexibility index (Phi) is 5.56. The summed E-state index contributed by atoms with van der Waals surface area (Å²) in [5, 5.41) is 12.5. The van der Waals surface area contributed by atoms with Gasteiger partial charge in [0.15, 0.2) is 0 Å². The molecule has 0 saturated carbocycles. The highest BCUT2D eigenvalue weighted by Crippen LogP contribution is 2.22. The first kappa shape index (κ1) is 17.2. The summed E-state index contributed by atoms with van der Waals surface area (Å²) in [7, 11) is 0. The molecule has 2 aromatic rings. The average molecular weight is 311 g/mol. The fraction of sp³-hybridized carbons (Fsp3) is 0.350. The molecule has 2 aromatic carbocycles. The Morgan fingerprint density at radius 1 is 1.04 bits per heavy atom. The molecular formula is C20H25NO2. The normalized spacial score (nSPS) is 12.8. The third-order valence-corrected chi connectivity index (χ3v) is 3.96. The molecule has 0 bridgehead atoms. The van der Waals surface area contributed by atoms with Crippen LogP contribution in [-0.2, 0) is 16.6 Å². The van der Waals surface area contributed by atoms with E-state index in [2.05, 4.69) is 50.4 Å². The summed E-state index contributed by atoms with van der Waals surface area (Å²) in [5.41, 5.74) is 3.45. The quantitative estimate of drug-likeness (QED) is 0.849. The van der Waals surface area contributed by atoms with Crippen LogP contribution in [0.15, 0.2) is 54.6 Å². The molecule has 0 aromatic heterocycles. The van der Waals surface area contributed by atoms with Crippen molar-refractivity contribution in [3.05, 3.63) is 71.3 Å². The Morgan fingerprint density at radius 2 is 1.65 bits per heavy atom. The number of carboxylic acids is 1. The van der Waals surface area contributed by atoms with Crippen LogP contribution in [0, 0.1) is 0 Å². The van der Waals surface area contributed by atoms with E-state index in [1.165, 1.54) is 11.1 Å². The molecule has 0 fully saturated rings. The fourth-order valence-electron chi connectivity index (χ4n) is 2.53. The van der Waals surface area contributed by atoms with Gasteiger partial charge in [0.25, 0.3) is 0 Å². The maximum atomic E-state index is 11.4. The van der Waals surface area contributed by atoms with Crippen LogP contribution in [0.2, 0.25) is 0 Å². The summed E-state index contributed by atoms with van der Waals surface area (Å²) < 4.78 is 0. The van der Waals surface area contributed by atoms with Gasteiger partial charge in [-0.25, -0.2) is 0 Å². The number of benzene rings is 2. The van der Waals surface area contributed by atoms with Crippen LogP contribution in [0.25, 0.3) is 0 Å². The van der Waals surface area contributed by atoms with Gasteiger partial charge in [-0.1, -0.05) is 75.4 Å². The molecule has 0 aliphatic carbocycles. The largest absolute Gasteiger partial charge is 0.480 e. The zero-order valence-electron chi connectivity index (χ0n) is 14.0. The van der Waals surface area contributed by atoms with Gasteiger partial charge in [-0.15, -0.1) is 0 Å². The topological polar surface area (TPSA) is 49.3 Å². The van der Waals surface area contributed by atoms with E-state index < -0.39 is 12.0 Å². The van der Waals surface area contributed by atoms with Crippen LogP contribution in [0.3, 0.4) is 0 Å². The van der Waals surface area contributed by atoms with Crippen LogP contribution in [0.5, 0.6) is 0 Å². The van der Waals surface area contributed by atoms with Crippen LogP contribution in [0.1, 0.15) is 43.5 Å². The van der Waals surface area contributed by atoms with Gasteiger partial charge in [0.05, 0.1) is 0 Å². The second-order valence-electron chi connectivity index (χ2n) is 6.83. The summed E-state index contributed by atoms with van der Waals surface area (Å²) in [6.45, 7) is 7.21. The van der Waals surface area contributed by atoms with E-state index in [0.717, 1.165) is 12.0 Å². The molecule has 2 rings (SSSR count). The Bertz CT molecular complexity index is 627. The molecule has 0 spiro atoms. The lowest BCUT2D eigenvalue weighted by Crippen LogP contribution is -2.30. The predicted octanol–water partition coefficient (Wildman–Crippen LogP) is 3.94. The molecule has 3 nitrogen and oxygen atoms in total. The lowest BCUT2D eigenvalue weighted by molar-refractivity contribution is -0.139. The molecule has 0 radical (unpaired) electrons. The number of hydrogen-bond donors (Lipinski definition) is 2. The van der Waals surface area contributed by atoms with Gasteiger partial charge in [0.2, 0.25) is 0 Å². The minimum absolute atomic E-state index is 0.151. The van der Waals surface area contributed by atoms with E-state index in [0.29, 0.717) is 6.54 Å². The van der Waals surface area contributed by atoms with Crippen LogP contribution in [-0.4, -0.2) is 17.6 Å². The highest BCUT2D eigenvalue weighted by Gasteiger charge is 2.18. The molecule has 2 N–H and O–H groups in total. The van der Waals surface area contributed by atoms with Crippen molar-refractivity contribution in [2.24, 2.45) is 0 Å². The van der Waals surface area contributed by atoms with Crippen molar-refractivity contribution in [2.45, 2.75) is 38.6 Å². The molecule has 122 valence electrons. The van der Waals surface area contributed by atoms with E-state index in [9.17, 15) is 9.90 Å². The first-order valence-electron chi connectivity index (χ1n) is 7.98. The fourth-order valence-corrected chi connectivity index (χ4v) is 2.53. The van der Waals surface area contributed by atoms with Gasteiger partial charge in [0, 0.05) is 6.54 Å². The van der Waals surface area contributed by atoms with Gasteiger partial charge in [-0.2, -0.15) is 0 Å². The Hall–Kier alpha value is -2.13. The summed E-state index contributed by atoms with van der Waals surface area (Å²) in [5.74, 6) is -0.848. The van der Waals surface area contributed by atoms with Gasteiger partial charge < -0.3 is 10.4 Å². The minimum atomic E-state index is -0.848. The van der Waals surface area contributed by atoms with Crippen LogP contribution >= 0.6 is 0 Å². The third kappa shape index (κ3) is 4.93. The summed E-state index contributed by atoms with van der Waals surface area (Å²) >= 11 is 0. The van der Waals surface area contributed by atoms with E-state index in [-0.39, 0.29) is 5.41 Å². The standard InChI is InChI=1S/C20H25NO2/c1-20(2,3)17-11-9-15(10-12-17)13-14-21-18(19(22)23)16-7-5-4-6-8-16/h4-12,18,21H,13-14H2,1-3H3,(H,22,23)/t18-/m1/s1. The molecule has 0 saturated heterocycles. The molecule has 3 heteroatoms. The first-order chi connectivity index (χ1) is 10.9. The van der Waals surface area contributed by atoms with Crippen molar-refractivity contribution in [1.82, 2.24) is 5.32 Å². The van der Waals surface area contributed by atoms with Crippen molar-refractivity contribution in [3.63, 3.8) is 0 Å². The zero-order valence-corrected chi connectivity index (χ0v) is 14.0. The zero-order chi connectivity index (χ0) is 16.9. The van der Waals surface area contributed by atoms with Crippen molar-refractivity contribution in [1.29, 1.82) is 0 Å². The molecule has 0 aliphatic heterocycles. The van der Waals surface area contributed by atoms with Gasteiger partial charge in [-0.05, 0) is 28.5 Å². The Morgan fingerprint density at radius 3 is 2.17 bits per heavy atom. The monoisotopic (exact) mass is 311 g/mol. The van der Waals surface area contributed by atoms with Crippen LogP contribution in [0.4, 0.5) is 0 Å². The van der Waals surface area contributed by atoms with E-state index in [1.54, 1.807) is 0 Å². The molecular weight excluding hydrogens is 286 g/mol. The summed E-state index contributed by atoms with van der Waals surface area (Å²) in [4.78, 5) is 11.4. The summed E-state index contributed by atoms with van der Waals surface area (Å²) in [6, 6.07) is 17.2. The minimum Gasteiger partial charge on any atom is -0.480 e. The molecule has 0 unspecified atom stereocenters. The second kappa shape index (κ2) is 7.42. The van der Waals surface area contributed by atoms with E-state index in [1.807, 2.05) is 30.3 Å². The van der Waals surface area contributed by atoms with Gasteiger partial charge in [-0.3, -0.25) is 4.79 Å². The maximum absolute atomic E-state index is 11.4. The molecule has 0 amide bonds. The smallest absolute Gasteiger partial charge is 0.325 e. The molecule has 0 heterocycles. The van der Waals surface area contributed by atoms with Crippen molar-refractivity contribution >= 4 is 5.97 Å². The predicted molar refractivity (Wildman–Crippen MR) is 93.7 cm³/mol. The van der Waals surface area contributed by atoms with Gasteiger partial charge >= 0.3 is 5.97 Å². The number of rotatable bonds is 6. The first-order valence-corrected chi connectivity index (χ1v) is 7.98. The van der Waals surface area contributed by atoms with Crippen molar-refractivity contribution in [2.75, 3.05) is 6.54 Å². The molecule has 0 aliphatic rings. The number of hydrogen-bond acceptors (Lipinski definition) is 2. The number of carbonyl (C=O) groups is 1. The molecule has 23 heavy (non-hydrogen) atoms. The van der Waals surface area contributed by atoms with E-state index in [4.69, 9.17) is 0 Å². The third-order valence-electron chi connectivity index (χ3n) is 3.96. The lowest BCUT2D eigenvalue weighted by Gasteiger charge is -2.19. The number of carboxylic acid groups (broad SMARTS) is 1. The Balaban J connectivity index is 1.94. The second-order valence-corrected chi connectivity index (χ2v) is 6.83. The highest BCUT2D eigenvalue weighted by atomic mass is 16.4. The van der Waals surface area contributed by atoms with E-state index >= 15 is 0 Å². The molecule has 1 atom stereocenters.